The second-order valence-electron chi connectivity index (χ2n) is 1.67. The molecule has 1 radical (unpaired) electrons. The highest BCUT2D eigenvalue weighted by Crippen LogP contribution is 1.96. The molecule has 0 saturated heterocycles. The second kappa shape index (κ2) is 2.30. The number of carbonyl (C=O) groups is 1. The minimum atomic E-state index is -0.632. The summed E-state index contributed by atoms with van der Waals surface area (Å²) in [6, 6.07) is 2.71. The van der Waals surface area contributed by atoms with Gasteiger partial charge in [0, 0.05) is 0 Å². The molecule has 0 atom stereocenters. The molecule has 5 heteroatoms. The molecule has 0 fully saturated rings. The van der Waals surface area contributed by atoms with Gasteiger partial charge in [0.1, 0.15) is 0 Å². The summed E-state index contributed by atoms with van der Waals surface area (Å²) < 4.78 is 0. The molecular weight excluding hydrogens is 132 g/mol. The molecule has 51 valence electrons. The van der Waals surface area contributed by atoms with E-state index >= 15 is 0 Å². The Morgan fingerprint density at radius 3 is 2.60 bits per heavy atom. The molecule has 0 aliphatic heterocycles. The Morgan fingerprint density at radius 2 is 2.20 bits per heavy atom. The van der Waals surface area contributed by atoms with Crippen LogP contribution in [0.3, 0.4) is 0 Å². The van der Waals surface area contributed by atoms with E-state index in [4.69, 9.17) is 11.5 Å². The number of amides is 1. The third-order valence-electron chi connectivity index (χ3n) is 0.917. The largest absolute Gasteiger partial charge is 0.364 e. The summed E-state index contributed by atoms with van der Waals surface area (Å²) in [6.45, 7) is 0. The van der Waals surface area contributed by atoms with E-state index in [0.717, 1.165) is 0 Å². The number of aromatic nitrogens is 2. The standard InChI is InChI=1S/C5H5N4O/c6-4-2-1-3(5(7)10)8-9-4/h1-2,6H,(H2,7,10). The minimum Gasteiger partial charge on any atom is -0.364 e. The summed E-state index contributed by atoms with van der Waals surface area (Å²) in [5.41, 5.74) is 11.8. The quantitative estimate of drug-likeness (QED) is 0.564. The lowest BCUT2D eigenvalue weighted by atomic mass is 10.4. The van der Waals surface area contributed by atoms with Crippen LogP contribution in [0.25, 0.3) is 0 Å². The van der Waals surface area contributed by atoms with Gasteiger partial charge >= 0.3 is 0 Å². The van der Waals surface area contributed by atoms with Gasteiger partial charge in [0.25, 0.3) is 5.91 Å². The van der Waals surface area contributed by atoms with Crippen LogP contribution in [0.1, 0.15) is 10.5 Å². The van der Waals surface area contributed by atoms with Crippen LogP contribution in [0.15, 0.2) is 12.1 Å². The Bertz CT molecular complexity index is 242. The van der Waals surface area contributed by atoms with E-state index in [1.54, 1.807) is 0 Å². The van der Waals surface area contributed by atoms with Gasteiger partial charge in [-0.25, -0.2) is 0 Å². The number of nitrogens with zero attached hydrogens (tertiary/aromatic N) is 2. The molecule has 0 saturated carbocycles. The summed E-state index contributed by atoms with van der Waals surface area (Å²) in [4.78, 5) is 10.4. The van der Waals surface area contributed by atoms with Crippen molar-refractivity contribution in [3.63, 3.8) is 0 Å². The van der Waals surface area contributed by atoms with Crippen LogP contribution in [0.2, 0.25) is 0 Å². The fourth-order valence-corrected chi connectivity index (χ4v) is 0.464. The predicted molar refractivity (Wildman–Crippen MR) is 33.3 cm³/mol. The Balaban J connectivity index is 3.00. The van der Waals surface area contributed by atoms with Crippen LogP contribution in [-0.4, -0.2) is 16.1 Å². The molecule has 3 N–H and O–H groups in total. The van der Waals surface area contributed by atoms with E-state index in [1.807, 2.05) is 0 Å². The molecule has 1 amide bonds. The van der Waals surface area contributed by atoms with Crippen molar-refractivity contribution in [2.45, 2.75) is 0 Å². The molecule has 0 bridgehead atoms. The van der Waals surface area contributed by atoms with Crippen LogP contribution in [0, 0.1) is 0 Å². The maximum Gasteiger partial charge on any atom is 0.269 e. The number of hydrogen-bond acceptors (Lipinski definition) is 3. The maximum absolute atomic E-state index is 10.4. The number of nitrogens with one attached hydrogen (secondary N) is 1. The average molecular weight is 137 g/mol. The van der Waals surface area contributed by atoms with Crippen molar-refractivity contribution in [3.8, 4) is 0 Å². The van der Waals surface area contributed by atoms with Crippen LogP contribution >= 0.6 is 0 Å². The van der Waals surface area contributed by atoms with Gasteiger partial charge in [0.15, 0.2) is 11.5 Å². The molecule has 1 heterocycles. The number of rotatable bonds is 1. The first-order chi connectivity index (χ1) is 4.70. The van der Waals surface area contributed by atoms with Crippen molar-refractivity contribution < 1.29 is 4.79 Å². The monoisotopic (exact) mass is 137 g/mol. The number of carbonyl (C=O) groups excluding carboxylic acids is 1. The lowest BCUT2D eigenvalue weighted by molar-refractivity contribution is 0.0994. The summed E-state index contributed by atoms with van der Waals surface area (Å²) in [5.74, 6) is -0.613. The van der Waals surface area contributed by atoms with Gasteiger partial charge in [-0.1, -0.05) is 0 Å². The van der Waals surface area contributed by atoms with E-state index in [1.165, 1.54) is 12.1 Å². The SMILES string of the molecule is [NH]c1ccc(C(N)=O)nn1. The Hall–Kier alpha value is -1.65. The van der Waals surface area contributed by atoms with E-state index in [-0.39, 0.29) is 11.5 Å². The fraction of sp³-hybridized carbons (Fsp3) is 0. The van der Waals surface area contributed by atoms with Crippen molar-refractivity contribution >= 4 is 11.7 Å². The molecular formula is C5H5N4O. The van der Waals surface area contributed by atoms with E-state index in [9.17, 15) is 4.79 Å². The summed E-state index contributed by atoms with van der Waals surface area (Å²) >= 11 is 0. The third kappa shape index (κ3) is 1.19. The molecule has 0 aromatic carbocycles. The molecule has 1 rings (SSSR count). The summed E-state index contributed by atoms with van der Waals surface area (Å²) in [5, 5.41) is 6.68. The van der Waals surface area contributed by atoms with E-state index in [2.05, 4.69) is 10.2 Å². The smallest absolute Gasteiger partial charge is 0.269 e. The van der Waals surface area contributed by atoms with Gasteiger partial charge in [-0.05, 0) is 12.1 Å². The first-order valence-corrected chi connectivity index (χ1v) is 2.55. The molecule has 1 aromatic rings. The molecule has 0 aliphatic carbocycles. The molecule has 1 aromatic heterocycles. The summed E-state index contributed by atoms with van der Waals surface area (Å²) in [7, 11) is 0. The number of primary amides is 1. The first-order valence-electron chi connectivity index (χ1n) is 2.55. The zero-order chi connectivity index (χ0) is 7.56. The van der Waals surface area contributed by atoms with Gasteiger partial charge in [0.05, 0.1) is 0 Å². The highest BCUT2D eigenvalue weighted by Gasteiger charge is 2.00. The van der Waals surface area contributed by atoms with Crippen molar-refractivity contribution in [3.05, 3.63) is 17.8 Å². The average Bonchev–Trinajstić information content (AvgIpc) is 1.88. The Morgan fingerprint density at radius 1 is 1.50 bits per heavy atom. The van der Waals surface area contributed by atoms with Crippen LogP contribution in [0.4, 0.5) is 5.82 Å². The third-order valence-corrected chi connectivity index (χ3v) is 0.917. The van der Waals surface area contributed by atoms with Gasteiger partial charge < -0.3 is 5.73 Å². The fourth-order valence-electron chi connectivity index (χ4n) is 0.464. The Kier molecular flexibility index (Phi) is 1.49. The van der Waals surface area contributed by atoms with Gasteiger partial charge in [0.2, 0.25) is 0 Å². The zero-order valence-electron chi connectivity index (χ0n) is 5.03. The Labute approximate surface area is 57.0 Å². The topological polar surface area (TPSA) is 92.7 Å². The van der Waals surface area contributed by atoms with Crippen molar-refractivity contribution in [1.29, 1.82) is 0 Å². The first kappa shape index (κ1) is 6.47. The van der Waals surface area contributed by atoms with Gasteiger partial charge in [-0.3, -0.25) is 10.5 Å². The highest BCUT2D eigenvalue weighted by molar-refractivity contribution is 5.90. The van der Waals surface area contributed by atoms with Gasteiger partial charge in [-0.2, -0.15) is 0 Å². The van der Waals surface area contributed by atoms with Crippen LogP contribution in [-0.2, 0) is 0 Å². The van der Waals surface area contributed by atoms with Crippen molar-refractivity contribution in [2.75, 3.05) is 0 Å². The molecule has 0 unspecified atom stereocenters. The lowest BCUT2D eigenvalue weighted by Crippen LogP contribution is -2.13. The maximum atomic E-state index is 10.4. The highest BCUT2D eigenvalue weighted by atomic mass is 16.1. The van der Waals surface area contributed by atoms with Crippen LogP contribution < -0.4 is 11.5 Å². The van der Waals surface area contributed by atoms with E-state index < -0.39 is 5.91 Å². The van der Waals surface area contributed by atoms with Crippen molar-refractivity contribution in [1.82, 2.24) is 15.9 Å². The normalized spacial score (nSPS) is 9.20. The molecule has 5 nitrogen and oxygen atoms in total. The molecule has 10 heavy (non-hydrogen) atoms. The van der Waals surface area contributed by atoms with Crippen LogP contribution in [0.5, 0.6) is 0 Å². The number of hydrogen-bond donors (Lipinski definition) is 1. The minimum absolute atomic E-state index is 0.0185. The second-order valence-corrected chi connectivity index (χ2v) is 1.67. The molecule has 0 aliphatic rings. The predicted octanol–water partition coefficient (Wildman–Crippen LogP) is -0.510. The van der Waals surface area contributed by atoms with Gasteiger partial charge in [-0.15, -0.1) is 10.2 Å². The molecule has 0 spiro atoms. The summed E-state index contributed by atoms with van der Waals surface area (Å²) in [6.07, 6.45) is 0. The van der Waals surface area contributed by atoms with E-state index in [0.29, 0.717) is 0 Å². The number of nitrogens with two attached hydrogens (primary N) is 1. The lowest BCUT2D eigenvalue weighted by Gasteiger charge is -1.90. The zero-order valence-corrected chi connectivity index (χ0v) is 5.03. The van der Waals surface area contributed by atoms with Crippen molar-refractivity contribution in [2.24, 2.45) is 5.73 Å².